The maximum atomic E-state index is 3.25. The molecule has 0 spiro atoms. The van der Waals surface area contributed by atoms with Crippen LogP contribution in [0.15, 0.2) is 0 Å². The van der Waals surface area contributed by atoms with E-state index in [1.807, 2.05) is 0 Å². The summed E-state index contributed by atoms with van der Waals surface area (Å²) in [5.74, 6) is 3.56. The number of hydrogen-bond donors (Lipinski definition) is 1. The fourth-order valence-corrected chi connectivity index (χ4v) is 2.86. The second-order valence-electron chi connectivity index (χ2n) is 4.37. The quantitative estimate of drug-likeness (QED) is 0.674. The van der Waals surface area contributed by atoms with E-state index in [9.17, 15) is 0 Å². The molecule has 0 aromatic rings. The topological polar surface area (TPSA) is 15.3 Å². The molecule has 0 atom stereocenters. The lowest BCUT2D eigenvalue weighted by Crippen LogP contribution is -2.35. The molecule has 90 valence electrons. The number of rotatable bonds is 7. The third-order valence-corrected chi connectivity index (χ3v) is 4.15. The van der Waals surface area contributed by atoms with Crippen molar-refractivity contribution >= 4 is 11.8 Å². The Hall–Kier alpha value is 0.270. The van der Waals surface area contributed by atoms with Crippen LogP contribution in [0, 0.1) is 5.92 Å². The van der Waals surface area contributed by atoms with Crippen molar-refractivity contribution in [3.63, 3.8) is 0 Å². The van der Waals surface area contributed by atoms with Crippen molar-refractivity contribution in [2.45, 2.75) is 26.2 Å². The summed E-state index contributed by atoms with van der Waals surface area (Å²) >= 11 is 2.06. The molecular weight excluding hydrogens is 204 g/mol. The first-order valence-electron chi connectivity index (χ1n) is 6.31. The normalized spacial score (nSPS) is 19.6. The van der Waals surface area contributed by atoms with Crippen LogP contribution in [0.5, 0.6) is 0 Å². The van der Waals surface area contributed by atoms with Crippen LogP contribution in [-0.4, -0.2) is 49.6 Å². The fourth-order valence-electron chi connectivity index (χ4n) is 2.19. The zero-order chi connectivity index (χ0) is 10.9. The number of thioether (sulfide) groups is 1. The van der Waals surface area contributed by atoms with Crippen LogP contribution in [0.3, 0.4) is 0 Å². The molecule has 15 heavy (non-hydrogen) atoms. The summed E-state index contributed by atoms with van der Waals surface area (Å²) in [4.78, 5) is 2.64. The molecule has 1 saturated heterocycles. The molecule has 0 radical (unpaired) electrons. The van der Waals surface area contributed by atoms with Crippen molar-refractivity contribution < 1.29 is 0 Å². The molecular formula is C12H26N2S. The Morgan fingerprint density at radius 1 is 1.33 bits per heavy atom. The summed E-state index contributed by atoms with van der Waals surface area (Å²) < 4.78 is 0. The van der Waals surface area contributed by atoms with E-state index in [1.54, 1.807) is 0 Å². The molecule has 0 aliphatic carbocycles. The summed E-state index contributed by atoms with van der Waals surface area (Å²) in [7, 11) is 2.05. The Balaban J connectivity index is 2.02. The van der Waals surface area contributed by atoms with Gasteiger partial charge in [-0.2, -0.15) is 11.8 Å². The van der Waals surface area contributed by atoms with Crippen LogP contribution < -0.4 is 5.32 Å². The highest BCUT2D eigenvalue weighted by molar-refractivity contribution is 7.99. The van der Waals surface area contributed by atoms with Crippen molar-refractivity contribution in [3.8, 4) is 0 Å². The summed E-state index contributed by atoms with van der Waals surface area (Å²) in [5, 5.41) is 3.25. The van der Waals surface area contributed by atoms with E-state index in [1.165, 1.54) is 56.9 Å². The number of likely N-dealkylation sites (tertiary alicyclic amines) is 1. The molecule has 1 aliphatic rings. The minimum Gasteiger partial charge on any atom is -0.320 e. The zero-order valence-electron chi connectivity index (χ0n) is 10.3. The first kappa shape index (κ1) is 13.3. The van der Waals surface area contributed by atoms with E-state index >= 15 is 0 Å². The molecule has 0 bridgehead atoms. The maximum absolute atomic E-state index is 3.25. The van der Waals surface area contributed by atoms with Crippen LogP contribution in [0.4, 0.5) is 0 Å². The average Bonchev–Trinajstić information content (AvgIpc) is 2.28. The third-order valence-electron chi connectivity index (χ3n) is 3.27. The van der Waals surface area contributed by atoms with Gasteiger partial charge in [0.25, 0.3) is 0 Å². The Labute approximate surface area is 99.2 Å². The first-order chi connectivity index (χ1) is 7.36. The molecule has 0 unspecified atom stereocenters. The molecule has 0 aromatic heterocycles. The van der Waals surface area contributed by atoms with Crippen molar-refractivity contribution in [1.29, 1.82) is 0 Å². The third kappa shape index (κ3) is 5.79. The standard InChI is InChI=1S/C12H26N2S/c1-3-15-11-10-14-8-5-12(6-9-14)4-7-13-2/h12-13H,3-11H2,1-2H3. The fraction of sp³-hybridized carbons (Fsp3) is 1.00. The predicted molar refractivity (Wildman–Crippen MR) is 70.7 cm³/mol. The molecule has 1 N–H and O–H groups in total. The van der Waals surface area contributed by atoms with Gasteiger partial charge in [0.1, 0.15) is 0 Å². The SMILES string of the molecule is CCSCCN1CCC(CCNC)CC1. The lowest BCUT2D eigenvalue weighted by molar-refractivity contribution is 0.188. The summed E-state index contributed by atoms with van der Waals surface area (Å²) in [6, 6.07) is 0. The van der Waals surface area contributed by atoms with Crippen molar-refractivity contribution in [2.24, 2.45) is 5.92 Å². The number of piperidine rings is 1. The van der Waals surface area contributed by atoms with E-state index in [4.69, 9.17) is 0 Å². The molecule has 1 heterocycles. The van der Waals surface area contributed by atoms with Gasteiger partial charge in [-0.3, -0.25) is 0 Å². The molecule has 0 amide bonds. The van der Waals surface area contributed by atoms with Crippen LogP contribution >= 0.6 is 11.8 Å². The second-order valence-corrected chi connectivity index (χ2v) is 5.77. The van der Waals surface area contributed by atoms with Gasteiger partial charge >= 0.3 is 0 Å². The van der Waals surface area contributed by atoms with Crippen LogP contribution in [0.1, 0.15) is 26.2 Å². The van der Waals surface area contributed by atoms with Crippen molar-refractivity contribution in [2.75, 3.05) is 44.7 Å². The lowest BCUT2D eigenvalue weighted by atomic mass is 9.94. The summed E-state index contributed by atoms with van der Waals surface area (Å²) in [6.07, 6.45) is 4.20. The number of nitrogens with zero attached hydrogens (tertiary/aromatic N) is 1. The smallest absolute Gasteiger partial charge is 0.00723 e. The van der Waals surface area contributed by atoms with Crippen LogP contribution in [0.25, 0.3) is 0 Å². The summed E-state index contributed by atoms with van der Waals surface area (Å²) in [6.45, 7) is 7.40. The molecule has 0 saturated carbocycles. The van der Waals surface area contributed by atoms with E-state index in [-0.39, 0.29) is 0 Å². The van der Waals surface area contributed by atoms with Crippen molar-refractivity contribution in [3.05, 3.63) is 0 Å². The molecule has 0 aromatic carbocycles. The van der Waals surface area contributed by atoms with Gasteiger partial charge in [0.2, 0.25) is 0 Å². The van der Waals surface area contributed by atoms with Crippen LogP contribution in [0.2, 0.25) is 0 Å². The largest absolute Gasteiger partial charge is 0.320 e. The van der Waals surface area contributed by atoms with Gasteiger partial charge in [0.15, 0.2) is 0 Å². The van der Waals surface area contributed by atoms with Gasteiger partial charge in [-0.25, -0.2) is 0 Å². The Morgan fingerprint density at radius 3 is 2.67 bits per heavy atom. The van der Waals surface area contributed by atoms with Gasteiger partial charge in [-0.05, 0) is 57.6 Å². The van der Waals surface area contributed by atoms with Crippen molar-refractivity contribution in [1.82, 2.24) is 10.2 Å². The van der Waals surface area contributed by atoms with Gasteiger partial charge in [0, 0.05) is 12.3 Å². The molecule has 1 aliphatic heterocycles. The van der Waals surface area contributed by atoms with E-state index < -0.39 is 0 Å². The average molecular weight is 230 g/mol. The summed E-state index contributed by atoms with van der Waals surface area (Å²) in [5.41, 5.74) is 0. The Morgan fingerprint density at radius 2 is 2.07 bits per heavy atom. The zero-order valence-corrected chi connectivity index (χ0v) is 11.1. The Kier molecular flexibility index (Phi) is 7.49. The second kappa shape index (κ2) is 8.43. The monoisotopic (exact) mass is 230 g/mol. The van der Waals surface area contributed by atoms with Gasteiger partial charge in [0.05, 0.1) is 0 Å². The van der Waals surface area contributed by atoms with E-state index in [0.29, 0.717) is 0 Å². The lowest BCUT2D eigenvalue weighted by Gasteiger charge is -2.31. The van der Waals surface area contributed by atoms with Gasteiger partial charge in [-0.1, -0.05) is 6.92 Å². The molecule has 1 rings (SSSR count). The molecule has 2 nitrogen and oxygen atoms in total. The number of nitrogens with one attached hydrogen (secondary N) is 1. The minimum absolute atomic E-state index is 0.979. The van der Waals surface area contributed by atoms with Crippen LogP contribution in [-0.2, 0) is 0 Å². The predicted octanol–water partition coefficient (Wildman–Crippen LogP) is 2.06. The van der Waals surface area contributed by atoms with Gasteiger partial charge < -0.3 is 10.2 Å². The maximum Gasteiger partial charge on any atom is 0.00723 e. The molecule has 1 fully saturated rings. The highest BCUT2D eigenvalue weighted by Gasteiger charge is 2.17. The van der Waals surface area contributed by atoms with Gasteiger partial charge in [-0.15, -0.1) is 0 Å². The Bertz CT molecular complexity index is 145. The first-order valence-corrected chi connectivity index (χ1v) is 7.47. The minimum atomic E-state index is 0.979. The highest BCUT2D eigenvalue weighted by Crippen LogP contribution is 2.20. The number of hydrogen-bond acceptors (Lipinski definition) is 3. The van der Waals surface area contributed by atoms with E-state index in [2.05, 4.69) is 35.9 Å². The highest BCUT2D eigenvalue weighted by atomic mass is 32.2. The van der Waals surface area contributed by atoms with E-state index in [0.717, 1.165) is 5.92 Å². The molecule has 3 heteroatoms.